The maximum absolute atomic E-state index is 9.86. The average Bonchev–Trinajstić information content (AvgIpc) is 2.53. The van der Waals surface area contributed by atoms with Gasteiger partial charge in [0.15, 0.2) is 0 Å². The van der Waals surface area contributed by atoms with Crippen molar-refractivity contribution in [2.24, 2.45) is 7.05 Å². The van der Waals surface area contributed by atoms with Crippen LogP contribution in [0.5, 0.6) is 5.75 Å². The van der Waals surface area contributed by atoms with E-state index in [1.54, 1.807) is 23.9 Å². The molecular weight excluding hydrogens is 270 g/mol. The lowest BCUT2D eigenvalue weighted by Crippen LogP contribution is -1.96. The first kappa shape index (κ1) is 11.0. The average molecular weight is 282 g/mol. The Morgan fingerprint density at radius 3 is 2.62 bits per heavy atom. The van der Waals surface area contributed by atoms with E-state index in [4.69, 9.17) is 5.73 Å². The molecule has 0 saturated carbocycles. The molecule has 2 rings (SSSR count). The summed E-state index contributed by atoms with van der Waals surface area (Å²) in [4.78, 5) is 0. The normalized spacial score (nSPS) is 10.7. The first-order valence-corrected chi connectivity index (χ1v) is 5.57. The Morgan fingerprint density at radius 1 is 1.38 bits per heavy atom. The molecule has 0 spiro atoms. The van der Waals surface area contributed by atoms with Crippen molar-refractivity contribution in [1.82, 2.24) is 9.78 Å². The van der Waals surface area contributed by atoms with Gasteiger partial charge in [0.2, 0.25) is 0 Å². The van der Waals surface area contributed by atoms with Crippen LogP contribution in [0.4, 0.5) is 5.82 Å². The molecule has 16 heavy (non-hydrogen) atoms. The number of nitrogen functional groups attached to an aromatic ring is 1. The second-order valence-electron chi connectivity index (χ2n) is 3.70. The summed E-state index contributed by atoms with van der Waals surface area (Å²) in [7, 11) is 1.76. The summed E-state index contributed by atoms with van der Waals surface area (Å²) in [6.45, 7) is 1.92. The van der Waals surface area contributed by atoms with Crippen LogP contribution in [0, 0.1) is 6.92 Å². The zero-order valence-electron chi connectivity index (χ0n) is 9.03. The van der Waals surface area contributed by atoms with Gasteiger partial charge in [-0.05, 0) is 24.6 Å². The number of aromatic hydroxyl groups is 1. The van der Waals surface area contributed by atoms with Crippen molar-refractivity contribution in [3.8, 4) is 17.0 Å². The minimum Gasteiger partial charge on any atom is -0.507 e. The van der Waals surface area contributed by atoms with Crippen LogP contribution < -0.4 is 5.73 Å². The molecule has 2 aromatic rings. The Bertz CT molecular complexity index is 529. The maximum atomic E-state index is 9.86. The number of phenols is 1. The summed E-state index contributed by atoms with van der Waals surface area (Å²) < 4.78 is 2.51. The number of aromatic nitrogens is 2. The topological polar surface area (TPSA) is 64.1 Å². The van der Waals surface area contributed by atoms with E-state index in [-0.39, 0.29) is 5.75 Å². The molecule has 1 aromatic carbocycles. The van der Waals surface area contributed by atoms with Crippen LogP contribution in [0.15, 0.2) is 22.7 Å². The Hall–Kier alpha value is -1.49. The quantitative estimate of drug-likeness (QED) is 0.844. The predicted molar refractivity (Wildman–Crippen MR) is 67.2 cm³/mol. The number of hydrogen-bond acceptors (Lipinski definition) is 3. The van der Waals surface area contributed by atoms with E-state index in [9.17, 15) is 5.11 Å². The van der Waals surface area contributed by atoms with Crippen LogP contribution in [0.25, 0.3) is 11.3 Å². The monoisotopic (exact) mass is 281 g/mol. The Kier molecular flexibility index (Phi) is 2.63. The third kappa shape index (κ3) is 1.78. The lowest BCUT2D eigenvalue weighted by Gasteiger charge is -2.04. The molecule has 0 atom stereocenters. The van der Waals surface area contributed by atoms with E-state index in [1.165, 1.54) is 0 Å². The third-order valence-corrected chi connectivity index (χ3v) is 3.32. The van der Waals surface area contributed by atoms with Crippen molar-refractivity contribution >= 4 is 21.7 Å². The van der Waals surface area contributed by atoms with Gasteiger partial charge in [0.05, 0.1) is 5.69 Å². The van der Waals surface area contributed by atoms with Crippen LogP contribution >= 0.6 is 15.9 Å². The lowest BCUT2D eigenvalue weighted by molar-refractivity contribution is 0.476. The first-order chi connectivity index (χ1) is 7.49. The fraction of sp³-hybridized carbons (Fsp3) is 0.182. The number of benzene rings is 1. The smallest absolute Gasteiger partial charge is 0.125 e. The molecule has 0 radical (unpaired) electrons. The molecule has 4 nitrogen and oxygen atoms in total. The molecule has 0 fully saturated rings. The number of nitrogens with two attached hydrogens (primary N) is 1. The van der Waals surface area contributed by atoms with Gasteiger partial charge in [0, 0.05) is 23.2 Å². The molecule has 0 amide bonds. The van der Waals surface area contributed by atoms with Gasteiger partial charge in [-0.25, -0.2) is 0 Å². The summed E-state index contributed by atoms with van der Waals surface area (Å²) in [6, 6.07) is 5.27. The van der Waals surface area contributed by atoms with E-state index in [1.807, 2.05) is 13.0 Å². The third-order valence-electron chi connectivity index (χ3n) is 2.47. The van der Waals surface area contributed by atoms with Gasteiger partial charge in [0.25, 0.3) is 0 Å². The van der Waals surface area contributed by atoms with Crippen molar-refractivity contribution in [2.75, 3.05) is 5.73 Å². The number of anilines is 1. The van der Waals surface area contributed by atoms with Crippen molar-refractivity contribution in [1.29, 1.82) is 0 Å². The lowest BCUT2D eigenvalue weighted by atomic mass is 10.1. The molecule has 0 bridgehead atoms. The summed E-state index contributed by atoms with van der Waals surface area (Å²) in [6.07, 6.45) is 0. The summed E-state index contributed by atoms with van der Waals surface area (Å²) in [5, 5.41) is 14.1. The Balaban J connectivity index is 2.60. The number of halogens is 1. The minimum absolute atomic E-state index is 0.207. The van der Waals surface area contributed by atoms with E-state index >= 15 is 0 Å². The van der Waals surface area contributed by atoms with Crippen molar-refractivity contribution in [3.05, 3.63) is 28.2 Å². The van der Waals surface area contributed by atoms with E-state index < -0.39 is 0 Å². The zero-order chi connectivity index (χ0) is 11.9. The molecule has 5 heteroatoms. The number of rotatable bonds is 1. The molecule has 3 N–H and O–H groups in total. The zero-order valence-corrected chi connectivity index (χ0v) is 10.6. The standard InChI is InChI=1S/C11H12BrN3O/c1-6-3-10(16)7(4-8(6)12)9-5-11(13)15(2)14-9/h3-5,16H,13H2,1-2H3. The Morgan fingerprint density at radius 2 is 2.06 bits per heavy atom. The molecular formula is C11H12BrN3O. The van der Waals surface area contributed by atoms with E-state index in [0.29, 0.717) is 17.1 Å². The van der Waals surface area contributed by atoms with Crippen LogP contribution in [0.2, 0.25) is 0 Å². The molecule has 0 aliphatic carbocycles. The summed E-state index contributed by atoms with van der Waals surface area (Å²) >= 11 is 3.43. The van der Waals surface area contributed by atoms with Gasteiger partial charge in [0.1, 0.15) is 11.6 Å². The molecule has 0 unspecified atom stereocenters. The highest BCUT2D eigenvalue weighted by atomic mass is 79.9. The van der Waals surface area contributed by atoms with Gasteiger partial charge in [-0.1, -0.05) is 15.9 Å². The van der Waals surface area contributed by atoms with Crippen LogP contribution in [0.1, 0.15) is 5.56 Å². The van der Waals surface area contributed by atoms with Gasteiger partial charge in [-0.3, -0.25) is 4.68 Å². The number of nitrogens with zero attached hydrogens (tertiary/aromatic N) is 2. The largest absolute Gasteiger partial charge is 0.507 e. The van der Waals surface area contributed by atoms with Gasteiger partial charge in [-0.15, -0.1) is 0 Å². The van der Waals surface area contributed by atoms with Crippen LogP contribution in [-0.2, 0) is 7.05 Å². The van der Waals surface area contributed by atoms with Gasteiger partial charge in [-0.2, -0.15) is 5.10 Å². The molecule has 0 saturated heterocycles. The highest BCUT2D eigenvalue weighted by molar-refractivity contribution is 9.10. The Labute approximate surface area is 102 Å². The fourth-order valence-electron chi connectivity index (χ4n) is 1.48. The second-order valence-corrected chi connectivity index (χ2v) is 4.55. The summed E-state index contributed by atoms with van der Waals surface area (Å²) in [5.41, 5.74) is 8.02. The van der Waals surface area contributed by atoms with Crippen LogP contribution in [0.3, 0.4) is 0 Å². The fourth-order valence-corrected chi connectivity index (χ4v) is 1.83. The van der Waals surface area contributed by atoms with Crippen molar-refractivity contribution in [2.45, 2.75) is 6.92 Å². The summed E-state index contributed by atoms with van der Waals surface area (Å²) in [5.74, 6) is 0.768. The predicted octanol–water partition coefficient (Wildman–Crippen LogP) is 2.45. The molecule has 1 heterocycles. The number of aryl methyl sites for hydroxylation is 2. The molecule has 0 aliphatic rings. The van der Waals surface area contributed by atoms with Crippen molar-refractivity contribution in [3.63, 3.8) is 0 Å². The highest BCUT2D eigenvalue weighted by Gasteiger charge is 2.11. The van der Waals surface area contributed by atoms with E-state index in [0.717, 1.165) is 10.0 Å². The second kappa shape index (κ2) is 3.83. The highest BCUT2D eigenvalue weighted by Crippen LogP contribution is 2.33. The minimum atomic E-state index is 0.207. The van der Waals surface area contributed by atoms with E-state index in [2.05, 4.69) is 21.0 Å². The molecule has 1 aromatic heterocycles. The van der Waals surface area contributed by atoms with Gasteiger partial charge >= 0.3 is 0 Å². The number of phenolic OH excluding ortho intramolecular Hbond substituents is 1. The van der Waals surface area contributed by atoms with Gasteiger partial charge < -0.3 is 10.8 Å². The maximum Gasteiger partial charge on any atom is 0.125 e. The number of hydrogen-bond donors (Lipinski definition) is 2. The SMILES string of the molecule is Cc1cc(O)c(-c2cc(N)n(C)n2)cc1Br. The molecule has 84 valence electrons. The van der Waals surface area contributed by atoms with Crippen LogP contribution in [-0.4, -0.2) is 14.9 Å². The molecule has 0 aliphatic heterocycles. The van der Waals surface area contributed by atoms with Crippen molar-refractivity contribution < 1.29 is 5.11 Å². The first-order valence-electron chi connectivity index (χ1n) is 4.78.